The van der Waals surface area contributed by atoms with Crippen molar-refractivity contribution in [1.29, 1.82) is 0 Å². The lowest BCUT2D eigenvalue weighted by Gasteiger charge is -2.32. The summed E-state index contributed by atoms with van der Waals surface area (Å²) in [5.41, 5.74) is 8.93. The van der Waals surface area contributed by atoms with Crippen LogP contribution in [-0.2, 0) is 11.2 Å². The number of carbonyl (C=O) groups is 2. The van der Waals surface area contributed by atoms with Crippen molar-refractivity contribution < 1.29 is 9.59 Å². The molecule has 2 saturated carbocycles. The zero-order valence-corrected chi connectivity index (χ0v) is 14.5. The van der Waals surface area contributed by atoms with Crippen LogP contribution in [-0.4, -0.2) is 17.5 Å². The summed E-state index contributed by atoms with van der Waals surface area (Å²) in [6, 6.07) is 9.18. The average Bonchev–Trinajstić information content (AvgIpc) is 2.85. The molecule has 1 aromatic rings. The molecule has 24 heavy (non-hydrogen) atoms. The highest BCUT2D eigenvalue weighted by molar-refractivity contribution is 6.11. The van der Waals surface area contributed by atoms with E-state index in [2.05, 4.69) is 31.3 Å². The third-order valence-corrected chi connectivity index (χ3v) is 6.43. The minimum absolute atomic E-state index is 0.0566. The average molecular weight is 327 g/mol. The van der Waals surface area contributed by atoms with Crippen LogP contribution in [0.5, 0.6) is 0 Å². The molecule has 3 atom stereocenters. The van der Waals surface area contributed by atoms with Gasteiger partial charge in [-0.15, -0.1) is 0 Å². The van der Waals surface area contributed by atoms with Gasteiger partial charge in [-0.25, -0.2) is 10.2 Å². The molecular formula is C19H25N3O2. The van der Waals surface area contributed by atoms with E-state index in [1.165, 1.54) is 0 Å². The van der Waals surface area contributed by atoms with Gasteiger partial charge in [-0.1, -0.05) is 51.1 Å². The van der Waals surface area contributed by atoms with Gasteiger partial charge >= 0.3 is 6.03 Å². The van der Waals surface area contributed by atoms with Gasteiger partial charge in [0.1, 0.15) is 5.78 Å². The number of rotatable bonds is 4. The van der Waals surface area contributed by atoms with Crippen LogP contribution in [0.1, 0.15) is 39.2 Å². The molecule has 2 bridgehead atoms. The molecule has 0 aromatic heterocycles. The summed E-state index contributed by atoms with van der Waals surface area (Å²) >= 11 is 0. The SMILES string of the molecule is CC1(C)[C@H]2CC[C@]1(C)C(=O)[C@H]2/C(Cc1ccccc1)=N/NC(N)=O. The highest BCUT2D eigenvalue weighted by Crippen LogP contribution is 2.66. The van der Waals surface area contributed by atoms with Crippen molar-refractivity contribution in [2.75, 3.05) is 0 Å². The summed E-state index contributed by atoms with van der Waals surface area (Å²) in [4.78, 5) is 24.3. The van der Waals surface area contributed by atoms with Crippen molar-refractivity contribution in [2.45, 2.75) is 40.0 Å². The molecule has 0 radical (unpaired) electrons. The van der Waals surface area contributed by atoms with Gasteiger partial charge in [-0.05, 0) is 29.7 Å². The molecule has 0 unspecified atom stereocenters. The van der Waals surface area contributed by atoms with Crippen molar-refractivity contribution in [3.63, 3.8) is 0 Å². The molecule has 0 saturated heterocycles. The van der Waals surface area contributed by atoms with Crippen LogP contribution in [0.15, 0.2) is 35.4 Å². The van der Waals surface area contributed by atoms with Gasteiger partial charge in [0, 0.05) is 11.8 Å². The van der Waals surface area contributed by atoms with Crippen LogP contribution < -0.4 is 11.2 Å². The van der Waals surface area contributed by atoms with Crippen LogP contribution in [0.25, 0.3) is 0 Å². The Morgan fingerprint density at radius 2 is 1.96 bits per heavy atom. The van der Waals surface area contributed by atoms with Gasteiger partial charge in [-0.3, -0.25) is 4.79 Å². The second-order valence-electron chi connectivity index (χ2n) is 7.78. The molecule has 3 N–H and O–H groups in total. The molecule has 5 nitrogen and oxygen atoms in total. The Kier molecular flexibility index (Phi) is 3.98. The van der Waals surface area contributed by atoms with Crippen molar-refractivity contribution in [2.24, 2.45) is 33.5 Å². The van der Waals surface area contributed by atoms with E-state index in [-0.39, 0.29) is 28.4 Å². The van der Waals surface area contributed by atoms with E-state index in [9.17, 15) is 9.59 Å². The number of urea groups is 1. The predicted octanol–water partition coefficient (Wildman–Crippen LogP) is 2.89. The van der Waals surface area contributed by atoms with Crippen LogP contribution >= 0.6 is 0 Å². The third-order valence-electron chi connectivity index (χ3n) is 6.43. The molecule has 1 aromatic carbocycles. The maximum atomic E-state index is 13.2. The number of ketones is 1. The lowest BCUT2D eigenvalue weighted by atomic mass is 9.70. The largest absolute Gasteiger partial charge is 0.350 e. The second kappa shape index (κ2) is 5.72. The molecule has 2 amide bonds. The summed E-state index contributed by atoms with van der Waals surface area (Å²) in [6.07, 6.45) is 2.49. The standard InChI is InChI=1S/C19H25N3O2/c1-18(2)13-9-10-19(18,3)16(23)15(13)14(21-22-17(20)24)11-12-7-5-4-6-8-12/h4-8,13,15H,9-11H2,1-3H3,(H3,20,22,24)/b21-14+/t13-,15+,19+/m0/s1. The normalized spacial score (nSPS) is 31.3. The lowest BCUT2D eigenvalue weighted by molar-refractivity contribution is -0.129. The molecule has 0 heterocycles. The van der Waals surface area contributed by atoms with Crippen molar-refractivity contribution in [3.8, 4) is 0 Å². The van der Waals surface area contributed by atoms with Crippen LogP contribution in [0.2, 0.25) is 0 Å². The molecule has 3 rings (SSSR count). The zero-order valence-electron chi connectivity index (χ0n) is 14.5. The number of benzene rings is 1. The monoisotopic (exact) mass is 327 g/mol. The predicted molar refractivity (Wildman–Crippen MR) is 93.4 cm³/mol. The van der Waals surface area contributed by atoms with Crippen LogP contribution in [0, 0.1) is 22.7 Å². The maximum Gasteiger partial charge on any atom is 0.332 e. The molecule has 2 aliphatic rings. The molecule has 2 fully saturated rings. The Morgan fingerprint density at radius 1 is 1.29 bits per heavy atom. The Balaban J connectivity index is 1.96. The van der Waals surface area contributed by atoms with Gasteiger partial charge in [0.05, 0.1) is 11.6 Å². The first-order valence-electron chi connectivity index (χ1n) is 8.47. The van der Waals surface area contributed by atoms with Gasteiger partial charge in [-0.2, -0.15) is 5.10 Å². The van der Waals surface area contributed by atoms with E-state index in [4.69, 9.17) is 5.73 Å². The molecule has 5 heteroatoms. The number of amides is 2. The van der Waals surface area contributed by atoms with Crippen LogP contribution in [0.3, 0.4) is 0 Å². The zero-order chi connectivity index (χ0) is 17.5. The number of primary amides is 1. The first-order chi connectivity index (χ1) is 11.3. The fourth-order valence-electron chi connectivity index (χ4n) is 4.62. The van der Waals surface area contributed by atoms with E-state index >= 15 is 0 Å². The van der Waals surface area contributed by atoms with Crippen LogP contribution in [0.4, 0.5) is 4.79 Å². The molecule has 0 spiro atoms. The first-order valence-corrected chi connectivity index (χ1v) is 8.47. The number of carbonyl (C=O) groups excluding carboxylic acids is 2. The Hall–Kier alpha value is -2.17. The molecule has 2 aliphatic carbocycles. The van der Waals surface area contributed by atoms with E-state index in [0.717, 1.165) is 18.4 Å². The fraction of sp³-hybridized carbons (Fsp3) is 0.526. The number of nitrogens with one attached hydrogen (secondary N) is 1. The van der Waals surface area contributed by atoms with Gasteiger partial charge in [0.25, 0.3) is 0 Å². The highest BCUT2D eigenvalue weighted by Gasteiger charge is 2.67. The molecule has 0 aliphatic heterocycles. The van der Waals surface area contributed by atoms with E-state index in [1.807, 2.05) is 30.3 Å². The van der Waals surface area contributed by atoms with E-state index < -0.39 is 6.03 Å². The number of nitrogens with two attached hydrogens (primary N) is 1. The number of hydrogen-bond acceptors (Lipinski definition) is 3. The Bertz CT molecular complexity index is 696. The van der Waals surface area contributed by atoms with E-state index in [1.54, 1.807) is 0 Å². The second-order valence-corrected chi connectivity index (χ2v) is 7.78. The Morgan fingerprint density at radius 3 is 2.50 bits per heavy atom. The number of hydrazone groups is 1. The van der Waals surface area contributed by atoms with Crippen molar-refractivity contribution in [3.05, 3.63) is 35.9 Å². The first kappa shape index (κ1) is 16.7. The number of hydrogen-bond donors (Lipinski definition) is 2. The number of Topliss-reactive ketones (excluding diaryl/α,β-unsaturated/α-hetero) is 1. The molecule has 128 valence electrons. The maximum absolute atomic E-state index is 13.2. The quantitative estimate of drug-likeness (QED) is 0.658. The number of nitrogens with zero attached hydrogens (tertiary/aromatic N) is 1. The van der Waals surface area contributed by atoms with E-state index in [0.29, 0.717) is 12.1 Å². The summed E-state index contributed by atoms with van der Waals surface area (Å²) in [6.45, 7) is 6.45. The van der Waals surface area contributed by atoms with Gasteiger partial charge in [0.2, 0.25) is 0 Å². The fourth-order valence-corrected chi connectivity index (χ4v) is 4.62. The van der Waals surface area contributed by atoms with Crippen molar-refractivity contribution >= 4 is 17.5 Å². The minimum Gasteiger partial charge on any atom is -0.350 e. The summed E-state index contributed by atoms with van der Waals surface area (Å²) in [5.74, 6) is 0.266. The Labute approximate surface area is 142 Å². The van der Waals surface area contributed by atoms with Gasteiger partial charge < -0.3 is 5.73 Å². The summed E-state index contributed by atoms with van der Waals surface area (Å²) in [5, 5.41) is 4.24. The summed E-state index contributed by atoms with van der Waals surface area (Å²) < 4.78 is 0. The highest BCUT2D eigenvalue weighted by atomic mass is 16.2. The summed E-state index contributed by atoms with van der Waals surface area (Å²) in [7, 11) is 0. The topological polar surface area (TPSA) is 84.6 Å². The van der Waals surface area contributed by atoms with Gasteiger partial charge in [0.15, 0.2) is 0 Å². The third kappa shape index (κ3) is 2.43. The van der Waals surface area contributed by atoms with Crippen molar-refractivity contribution in [1.82, 2.24) is 5.43 Å². The smallest absolute Gasteiger partial charge is 0.332 e. The lowest BCUT2D eigenvalue weighted by Crippen LogP contribution is -2.37. The number of fused-ring (bicyclic) bond motifs is 2. The molecular weight excluding hydrogens is 302 g/mol. The minimum atomic E-state index is -0.707.